The second-order valence-electron chi connectivity index (χ2n) is 4.91. The summed E-state index contributed by atoms with van der Waals surface area (Å²) in [5.74, 6) is 0.892. The Hall–Kier alpha value is -1.19. The molecule has 0 spiro atoms. The molecule has 0 amide bonds. The highest BCUT2D eigenvalue weighted by Gasteiger charge is 2.06. The largest absolute Gasteiger partial charge is 0.493 e. The van der Waals surface area contributed by atoms with Gasteiger partial charge < -0.3 is 10.1 Å². The van der Waals surface area contributed by atoms with Crippen molar-refractivity contribution in [2.75, 3.05) is 11.9 Å². The second kappa shape index (κ2) is 7.71. The van der Waals surface area contributed by atoms with Crippen molar-refractivity contribution in [2.24, 2.45) is 0 Å². The number of hydrogen-bond donors (Lipinski definition) is 1. The van der Waals surface area contributed by atoms with E-state index < -0.39 is 0 Å². The molecule has 0 aliphatic carbocycles. The van der Waals surface area contributed by atoms with Crippen molar-refractivity contribution in [1.29, 1.82) is 0 Å². The Bertz CT molecular complexity index is 616. The molecule has 0 fully saturated rings. The van der Waals surface area contributed by atoms with Gasteiger partial charge in [-0.3, -0.25) is 0 Å². The van der Waals surface area contributed by atoms with Crippen molar-refractivity contribution >= 4 is 33.2 Å². The Morgan fingerprint density at radius 1 is 1.19 bits per heavy atom. The third-order valence-corrected chi connectivity index (χ3v) is 3.87. The Kier molecular flexibility index (Phi) is 5.95. The normalized spacial score (nSPS) is 10.5. The van der Waals surface area contributed by atoms with E-state index >= 15 is 0 Å². The smallest absolute Gasteiger partial charge is 0.124 e. The molecule has 0 saturated carbocycles. The van der Waals surface area contributed by atoms with Crippen LogP contribution < -0.4 is 10.1 Å². The van der Waals surface area contributed by atoms with E-state index in [-0.39, 0.29) is 0 Å². The van der Waals surface area contributed by atoms with Crippen LogP contribution in [0.2, 0.25) is 5.02 Å². The molecule has 2 aromatic carbocycles. The van der Waals surface area contributed by atoms with Crippen LogP contribution in [0, 0.1) is 6.92 Å². The minimum Gasteiger partial charge on any atom is -0.493 e. The number of aryl methyl sites for hydroxylation is 1. The van der Waals surface area contributed by atoms with E-state index in [4.69, 9.17) is 16.3 Å². The Morgan fingerprint density at radius 2 is 2.00 bits per heavy atom. The molecule has 0 saturated heterocycles. The standard InChI is InChI=1S/C17H19BrClNO/c1-3-8-21-17-7-5-15(19)10-13(17)11-20-16-6-4-14(18)9-12(16)2/h4-7,9-10,20H,3,8,11H2,1-2H3. The molecule has 112 valence electrons. The fraction of sp³-hybridized carbons (Fsp3) is 0.294. The first-order valence-corrected chi connectivity index (χ1v) is 8.18. The number of hydrogen-bond acceptors (Lipinski definition) is 2. The van der Waals surface area contributed by atoms with Crippen LogP contribution in [0.25, 0.3) is 0 Å². The maximum Gasteiger partial charge on any atom is 0.124 e. The van der Waals surface area contributed by atoms with Gasteiger partial charge in [-0.2, -0.15) is 0 Å². The maximum absolute atomic E-state index is 6.10. The minimum atomic E-state index is 0.683. The summed E-state index contributed by atoms with van der Waals surface area (Å²) in [7, 11) is 0. The monoisotopic (exact) mass is 367 g/mol. The minimum absolute atomic E-state index is 0.683. The molecule has 0 atom stereocenters. The molecule has 0 aliphatic heterocycles. The van der Waals surface area contributed by atoms with Crippen LogP contribution in [0.1, 0.15) is 24.5 Å². The van der Waals surface area contributed by atoms with Crippen LogP contribution in [0.5, 0.6) is 5.75 Å². The summed E-state index contributed by atoms with van der Waals surface area (Å²) >= 11 is 9.57. The van der Waals surface area contributed by atoms with E-state index in [1.807, 2.05) is 24.3 Å². The first-order chi connectivity index (χ1) is 10.1. The SMILES string of the molecule is CCCOc1ccc(Cl)cc1CNc1ccc(Br)cc1C. The van der Waals surface area contributed by atoms with Gasteiger partial charge >= 0.3 is 0 Å². The van der Waals surface area contributed by atoms with E-state index in [0.29, 0.717) is 13.2 Å². The zero-order valence-electron chi connectivity index (χ0n) is 12.2. The van der Waals surface area contributed by atoms with Crippen molar-refractivity contribution in [3.8, 4) is 5.75 Å². The molecule has 2 rings (SSSR count). The first kappa shape index (κ1) is 16.2. The van der Waals surface area contributed by atoms with Gasteiger partial charge in [0.2, 0.25) is 0 Å². The third kappa shape index (κ3) is 4.65. The molecule has 0 bridgehead atoms. The summed E-state index contributed by atoms with van der Waals surface area (Å²) < 4.78 is 6.86. The van der Waals surface area contributed by atoms with E-state index in [9.17, 15) is 0 Å². The maximum atomic E-state index is 6.10. The van der Waals surface area contributed by atoms with Crippen LogP contribution in [-0.4, -0.2) is 6.61 Å². The van der Waals surface area contributed by atoms with Gasteiger partial charge in [0.15, 0.2) is 0 Å². The van der Waals surface area contributed by atoms with Crippen LogP contribution in [-0.2, 0) is 6.54 Å². The van der Waals surface area contributed by atoms with Crippen molar-refractivity contribution in [1.82, 2.24) is 0 Å². The van der Waals surface area contributed by atoms with E-state index in [2.05, 4.69) is 47.2 Å². The number of halogens is 2. The quantitative estimate of drug-likeness (QED) is 0.694. The number of rotatable bonds is 6. The molecular weight excluding hydrogens is 350 g/mol. The lowest BCUT2D eigenvalue weighted by atomic mass is 10.1. The zero-order chi connectivity index (χ0) is 15.2. The van der Waals surface area contributed by atoms with Gasteiger partial charge in [0.1, 0.15) is 5.75 Å². The number of anilines is 1. The molecule has 21 heavy (non-hydrogen) atoms. The highest BCUT2D eigenvalue weighted by molar-refractivity contribution is 9.10. The molecule has 0 heterocycles. The zero-order valence-corrected chi connectivity index (χ0v) is 14.6. The third-order valence-electron chi connectivity index (χ3n) is 3.14. The predicted molar refractivity (Wildman–Crippen MR) is 93.4 cm³/mol. The van der Waals surface area contributed by atoms with Crippen LogP contribution in [0.4, 0.5) is 5.69 Å². The van der Waals surface area contributed by atoms with E-state index in [0.717, 1.165) is 32.9 Å². The van der Waals surface area contributed by atoms with Crippen LogP contribution >= 0.6 is 27.5 Å². The lowest BCUT2D eigenvalue weighted by Gasteiger charge is -2.14. The second-order valence-corrected chi connectivity index (χ2v) is 6.27. The highest BCUT2D eigenvalue weighted by Crippen LogP contribution is 2.26. The van der Waals surface area contributed by atoms with Gasteiger partial charge in [-0.05, 0) is 55.3 Å². The molecule has 0 radical (unpaired) electrons. The van der Waals surface area contributed by atoms with Gasteiger partial charge in [0, 0.05) is 27.3 Å². The van der Waals surface area contributed by atoms with Crippen molar-refractivity contribution in [3.63, 3.8) is 0 Å². The van der Waals surface area contributed by atoms with E-state index in [1.54, 1.807) is 0 Å². The Balaban J connectivity index is 2.12. The number of benzene rings is 2. The van der Waals surface area contributed by atoms with Crippen LogP contribution in [0.15, 0.2) is 40.9 Å². The van der Waals surface area contributed by atoms with Gasteiger partial charge in [0.05, 0.1) is 6.61 Å². The van der Waals surface area contributed by atoms with Crippen LogP contribution in [0.3, 0.4) is 0 Å². The molecule has 0 unspecified atom stereocenters. The summed E-state index contributed by atoms with van der Waals surface area (Å²) in [6.07, 6.45) is 0.987. The van der Waals surface area contributed by atoms with Gasteiger partial charge in [-0.25, -0.2) is 0 Å². The molecule has 2 nitrogen and oxygen atoms in total. The summed E-state index contributed by atoms with van der Waals surface area (Å²) in [5, 5.41) is 4.17. The average molecular weight is 369 g/mol. The molecule has 4 heteroatoms. The van der Waals surface area contributed by atoms with Gasteiger partial charge in [-0.15, -0.1) is 0 Å². The summed E-state index contributed by atoms with van der Waals surface area (Å²) in [5.41, 5.74) is 3.38. The fourth-order valence-corrected chi connectivity index (χ4v) is 2.73. The Morgan fingerprint density at radius 3 is 2.71 bits per heavy atom. The predicted octanol–water partition coefficient (Wildman–Crippen LogP) is 5.81. The first-order valence-electron chi connectivity index (χ1n) is 7.01. The van der Waals surface area contributed by atoms with Gasteiger partial charge in [0.25, 0.3) is 0 Å². The topological polar surface area (TPSA) is 21.3 Å². The van der Waals surface area contributed by atoms with Crippen molar-refractivity contribution in [3.05, 3.63) is 57.0 Å². The van der Waals surface area contributed by atoms with Crippen molar-refractivity contribution in [2.45, 2.75) is 26.8 Å². The molecule has 1 N–H and O–H groups in total. The van der Waals surface area contributed by atoms with Crippen molar-refractivity contribution < 1.29 is 4.74 Å². The Labute approximate surface area is 139 Å². The summed E-state index contributed by atoms with van der Waals surface area (Å²) in [6, 6.07) is 11.9. The van der Waals surface area contributed by atoms with Gasteiger partial charge in [-0.1, -0.05) is 34.5 Å². The highest BCUT2D eigenvalue weighted by atomic mass is 79.9. The fourth-order valence-electron chi connectivity index (χ4n) is 2.05. The molecule has 0 aromatic heterocycles. The lowest BCUT2D eigenvalue weighted by molar-refractivity contribution is 0.314. The molecule has 2 aromatic rings. The molecule has 0 aliphatic rings. The summed E-state index contributed by atoms with van der Waals surface area (Å²) in [6.45, 7) is 5.58. The average Bonchev–Trinajstić information content (AvgIpc) is 2.45. The lowest BCUT2D eigenvalue weighted by Crippen LogP contribution is -2.05. The number of ether oxygens (including phenoxy) is 1. The number of nitrogens with one attached hydrogen (secondary N) is 1. The molecular formula is C17H19BrClNO. The summed E-state index contributed by atoms with van der Waals surface area (Å²) in [4.78, 5) is 0. The van der Waals surface area contributed by atoms with E-state index in [1.165, 1.54) is 5.56 Å².